The van der Waals surface area contributed by atoms with Gasteiger partial charge in [0.15, 0.2) is 0 Å². The Kier molecular flexibility index (Phi) is 5.91. The van der Waals surface area contributed by atoms with Crippen LogP contribution in [-0.2, 0) is 12.4 Å². The molecule has 0 spiro atoms. The summed E-state index contributed by atoms with van der Waals surface area (Å²) >= 11 is 0. The average Bonchev–Trinajstić information content (AvgIpc) is 3.23. The number of allylic oxidation sites excluding steroid dienone is 8. The summed E-state index contributed by atoms with van der Waals surface area (Å²) in [7, 11) is 0. The van der Waals surface area contributed by atoms with Gasteiger partial charge in [-0.1, -0.05) is 47.6 Å². The van der Waals surface area contributed by atoms with Crippen molar-refractivity contribution in [1.82, 2.24) is 0 Å². The summed E-state index contributed by atoms with van der Waals surface area (Å²) in [6.45, 7) is 7.78. The molecule has 0 radical (unpaired) electrons. The van der Waals surface area contributed by atoms with Gasteiger partial charge < -0.3 is 0 Å². The van der Waals surface area contributed by atoms with Crippen molar-refractivity contribution >= 4 is 11.1 Å². The van der Waals surface area contributed by atoms with Gasteiger partial charge in [-0.05, 0) is 91.3 Å². The van der Waals surface area contributed by atoms with Crippen LogP contribution in [0.2, 0.25) is 0 Å². The molecule has 1 atom stereocenters. The first-order valence-electron chi connectivity index (χ1n) is 10.9. The van der Waals surface area contributed by atoms with Crippen LogP contribution in [0.1, 0.15) is 56.4 Å². The molecule has 0 amide bonds. The maximum atomic E-state index is 13.4. The van der Waals surface area contributed by atoms with E-state index >= 15 is 0 Å². The van der Waals surface area contributed by atoms with Crippen molar-refractivity contribution in [3.63, 3.8) is 0 Å². The van der Waals surface area contributed by atoms with Crippen molar-refractivity contribution < 1.29 is 26.3 Å². The van der Waals surface area contributed by atoms with E-state index in [1.54, 1.807) is 6.92 Å². The van der Waals surface area contributed by atoms with E-state index in [2.05, 4.69) is 13.8 Å². The first-order chi connectivity index (χ1) is 15.8. The van der Waals surface area contributed by atoms with E-state index < -0.39 is 23.5 Å². The van der Waals surface area contributed by atoms with Crippen molar-refractivity contribution in [2.24, 2.45) is 5.92 Å². The number of alkyl halides is 6. The maximum Gasteiger partial charge on any atom is 0.416 e. The van der Waals surface area contributed by atoms with Gasteiger partial charge in [0.25, 0.3) is 0 Å². The third-order valence-corrected chi connectivity index (χ3v) is 6.92. The fourth-order valence-electron chi connectivity index (χ4n) is 4.88. The van der Waals surface area contributed by atoms with E-state index in [0.29, 0.717) is 17.6 Å². The lowest BCUT2D eigenvalue weighted by atomic mass is 9.87. The number of rotatable bonds is 3. The molecule has 1 unspecified atom stereocenters. The maximum absolute atomic E-state index is 13.4. The molecule has 2 aromatic rings. The highest BCUT2D eigenvalue weighted by Crippen LogP contribution is 2.49. The summed E-state index contributed by atoms with van der Waals surface area (Å²) in [5.74, 6) is -0.193. The first kappa shape index (κ1) is 24.1. The number of benzene rings is 2. The Balaban J connectivity index is 1.88. The second kappa shape index (κ2) is 8.33. The van der Waals surface area contributed by atoms with Crippen LogP contribution in [0.15, 0.2) is 82.5 Å². The van der Waals surface area contributed by atoms with E-state index in [9.17, 15) is 26.3 Å². The number of hydrogen-bond acceptors (Lipinski definition) is 0. The van der Waals surface area contributed by atoms with Gasteiger partial charge in [-0.15, -0.1) is 0 Å². The highest BCUT2D eigenvalue weighted by molar-refractivity contribution is 5.89. The largest absolute Gasteiger partial charge is 0.416 e. The Morgan fingerprint density at radius 2 is 1.26 bits per heavy atom. The third kappa shape index (κ3) is 4.26. The monoisotopic (exact) mass is 474 g/mol. The number of hydrogen-bond donors (Lipinski definition) is 0. The Morgan fingerprint density at radius 1 is 0.706 bits per heavy atom. The molecule has 4 rings (SSSR count). The van der Waals surface area contributed by atoms with Gasteiger partial charge >= 0.3 is 12.4 Å². The molecule has 0 saturated heterocycles. The Hall–Kier alpha value is -3.02. The summed E-state index contributed by atoms with van der Waals surface area (Å²) in [6.07, 6.45) is -7.22. The molecule has 2 aliphatic rings. The van der Waals surface area contributed by atoms with Gasteiger partial charge in [-0.25, -0.2) is 0 Å². The van der Waals surface area contributed by atoms with Crippen LogP contribution in [0.4, 0.5) is 26.3 Å². The fourth-order valence-corrected chi connectivity index (χ4v) is 4.88. The highest BCUT2D eigenvalue weighted by Gasteiger charge is 2.38. The SMILES string of the molecule is CC1=C(C)C(c2ccccc2)=C(C2C=C(c3cc(C(F)(F)F)cc(C(F)(F)F)c3)C(C)=C2C)C1. The van der Waals surface area contributed by atoms with Gasteiger partial charge in [0.05, 0.1) is 11.1 Å². The average molecular weight is 474 g/mol. The van der Waals surface area contributed by atoms with E-state index in [4.69, 9.17) is 0 Å². The summed E-state index contributed by atoms with van der Waals surface area (Å²) in [5, 5.41) is 0. The standard InChI is InChI=1S/C28H24F6/c1-15-10-25(26(16(15)2)19-8-6-5-7-9-19)24-14-23(17(3)18(24)4)20-11-21(27(29,30)31)13-22(12-20)28(32,33)34/h5-9,11-14,24H,10H2,1-4H3. The lowest BCUT2D eigenvalue weighted by Crippen LogP contribution is -2.11. The van der Waals surface area contributed by atoms with Gasteiger partial charge in [0, 0.05) is 5.92 Å². The molecule has 0 fully saturated rings. The van der Waals surface area contributed by atoms with Gasteiger partial charge in [0.2, 0.25) is 0 Å². The molecule has 0 heterocycles. The Bertz CT molecular complexity index is 1230. The van der Waals surface area contributed by atoms with Crippen LogP contribution < -0.4 is 0 Å². The molecular weight excluding hydrogens is 450 g/mol. The van der Waals surface area contributed by atoms with E-state index in [1.807, 2.05) is 43.3 Å². The molecule has 0 bridgehead atoms. The Morgan fingerprint density at radius 3 is 1.79 bits per heavy atom. The van der Waals surface area contributed by atoms with E-state index in [-0.39, 0.29) is 17.5 Å². The molecule has 34 heavy (non-hydrogen) atoms. The van der Waals surface area contributed by atoms with Crippen LogP contribution >= 0.6 is 0 Å². The molecule has 2 aromatic carbocycles. The quantitative estimate of drug-likeness (QED) is 0.389. The summed E-state index contributed by atoms with van der Waals surface area (Å²) < 4.78 is 80.6. The number of halogens is 6. The first-order valence-corrected chi connectivity index (χ1v) is 10.9. The fraction of sp³-hybridized carbons (Fsp3) is 0.286. The zero-order chi connectivity index (χ0) is 25.0. The van der Waals surface area contributed by atoms with Crippen molar-refractivity contribution in [2.45, 2.75) is 46.5 Å². The molecule has 6 heteroatoms. The molecule has 0 saturated carbocycles. The highest BCUT2D eigenvalue weighted by atomic mass is 19.4. The molecule has 0 nitrogen and oxygen atoms in total. The normalized spacial score (nSPS) is 19.5. The third-order valence-electron chi connectivity index (χ3n) is 6.92. The van der Waals surface area contributed by atoms with E-state index in [1.165, 1.54) is 5.57 Å². The van der Waals surface area contributed by atoms with Crippen molar-refractivity contribution in [3.05, 3.63) is 105 Å². The summed E-state index contributed by atoms with van der Waals surface area (Å²) in [5.41, 5.74) is 5.04. The van der Waals surface area contributed by atoms with Crippen LogP contribution in [-0.4, -0.2) is 0 Å². The lowest BCUT2D eigenvalue weighted by molar-refractivity contribution is -0.143. The zero-order valence-corrected chi connectivity index (χ0v) is 19.2. The van der Waals surface area contributed by atoms with Crippen LogP contribution in [0.5, 0.6) is 0 Å². The zero-order valence-electron chi connectivity index (χ0n) is 19.2. The topological polar surface area (TPSA) is 0 Å². The van der Waals surface area contributed by atoms with Crippen LogP contribution in [0, 0.1) is 5.92 Å². The van der Waals surface area contributed by atoms with Gasteiger partial charge in [0.1, 0.15) is 0 Å². The lowest BCUT2D eigenvalue weighted by Gasteiger charge is -2.17. The predicted molar refractivity (Wildman–Crippen MR) is 123 cm³/mol. The van der Waals surface area contributed by atoms with Crippen molar-refractivity contribution in [3.8, 4) is 0 Å². The van der Waals surface area contributed by atoms with Crippen molar-refractivity contribution in [2.75, 3.05) is 0 Å². The minimum Gasteiger partial charge on any atom is -0.166 e. The molecule has 2 aliphatic carbocycles. The molecule has 0 aromatic heterocycles. The second-order valence-electron chi connectivity index (χ2n) is 9.01. The van der Waals surface area contributed by atoms with Crippen molar-refractivity contribution in [1.29, 1.82) is 0 Å². The molecular formula is C28H24F6. The van der Waals surface area contributed by atoms with Crippen LogP contribution in [0.3, 0.4) is 0 Å². The smallest absolute Gasteiger partial charge is 0.166 e. The minimum atomic E-state index is -4.88. The predicted octanol–water partition coefficient (Wildman–Crippen LogP) is 9.27. The van der Waals surface area contributed by atoms with Gasteiger partial charge in [-0.2, -0.15) is 26.3 Å². The second-order valence-corrected chi connectivity index (χ2v) is 9.01. The molecule has 0 aliphatic heterocycles. The van der Waals surface area contributed by atoms with E-state index in [0.717, 1.165) is 40.0 Å². The summed E-state index contributed by atoms with van der Waals surface area (Å²) in [6, 6.07) is 11.7. The van der Waals surface area contributed by atoms with Gasteiger partial charge in [-0.3, -0.25) is 0 Å². The minimum absolute atomic E-state index is 0.0669. The summed E-state index contributed by atoms with van der Waals surface area (Å²) in [4.78, 5) is 0. The Labute approximate surface area is 195 Å². The van der Waals surface area contributed by atoms with Crippen LogP contribution in [0.25, 0.3) is 11.1 Å². The molecule has 178 valence electrons. The molecule has 0 N–H and O–H groups in total.